The molecule has 2 aliphatic heterocycles. The molecule has 8 nitrogen and oxygen atoms in total. The minimum atomic E-state index is -6.11. The summed E-state index contributed by atoms with van der Waals surface area (Å²) in [6.07, 6.45) is 3.08. The van der Waals surface area contributed by atoms with Gasteiger partial charge in [0.2, 0.25) is 5.72 Å². The first-order chi connectivity index (χ1) is 15.1. The van der Waals surface area contributed by atoms with Crippen molar-refractivity contribution in [2.45, 2.75) is 30.5 Å². The van der Waals surface area contributed by atoms with Gasteiger partial charge in [-0.25, -0.2) is 0 Å². The van der Waals surface area contributed by atoms with E-state index in [1.165, 1.54) is 6.08 Å². The van der Waals surface area contributed by atoms with Gasteiger partial charge in [-0.05, 0) is 49.8 Å². The number of fused-ring (bicyclic) bond motifs is 2. The molecule has 0 amide bonds. The van der Waals surface area contributed by atoms with E-state index < -0.39 is 43.1 Å². The first-order valence-corrected chi connectivity index (χ1v) is 11.6. The standard InChI is InChI=1S/C20H16BrF3N2O6S/c1-18(2)14-9-12(21)4-5-15(14)25(3)19(18)7-6-11-8-13(26(27)28)10-16(17(11)31-19)32-33(29,30)20(22,23)24/h4-10H,1-3H3. The molecule has 0 aromatic heterocycles. The molecular weight excluding hydrogens is 533 g/mol. The number of hydrogen-bond donors (Lipinski definition) is 0. The van der Waals surface area contributed by atoms with Crippen LogP contribution >= 0.6 is 15.9 Å². The number of anilines is 1. The van der Waals surface area contributed by atoms with Crippen molar-refractivity contribution < 1.29 is 35.4 Å². The Balaban J connectivity index is 1.90. The summed E-state index contributed by atoms with van der Waals surface area (Å²) in [5.74, 6) is -1.29. The summed E-state index contributed by atoms with van der Waals surface area (Å²) in [7, 11) is -4.39. The predicted octanol–water partition coefficient (Wildman–Crippen LogP) is 5.12. The third-order valence-corrected chi connectivity index (χ3v) is 7.35. The summed E-state index contributed by atoms with van der Waals surface area (Å²) in [6.45, 7) is 3.71. The Hall–Kier alpha value is -2.80. The predicted molar refractivity (Wildman–Crippen MR) is 117 cm³/mol. The third-order valence-electron chi connectivity index (χ3n) is 5.90. The molecule has 1 unspecified atom stereocenters. The fraction of sp³-hybridized carbons (Fsp3) is 0.300. The van der Waals surface area contributed by atoms with E-state index in [0.717, 1.165) is 21.8 Å². The molecule has 0 bridgehead atoms. The molecule has 2 aliphatic rings. The van der Waals surface area contributed by atoms with E-state index in [2.05, 4.69) is 20.1 Å². The molecule has 13 heteroatoms. The van der Waals surface area contributed by atoms with Crippen LogP contribution in [0.2, 0.25) is 0 Å². The van der Waals surface area contributed by atoms with Crippen molar-refractivity contribution in [3.8, 4) is 11.5 Å². The highest BCUT2D eigenvalue weighted by molar-refractivity contribution is 9.10. The number of nitrogens with zero attached hydrogens (tertiary/aromatic N) is 2. The number of likely N-dealkylation sites (N-methyl/N-ethyl adjacent to an activating group) is 1. The van der Waals surface area contributed by atoms with Crippen LogP contribution in [0.25, 0.3) is 6.08 Å². The summed E-state index contributed by atoms with van der Waals surface area (Å²) in [4.78, 5) is 12.2. The van der Waals surface area contributed by atoms with E-state index in [1.807, 2.05) is 32.0 Å². The van der Waals surface area contributed by atoms with Crippen LogP contribution in [0.4, 0.5) is 24.5 Å². The van der Waals surface area contributed by atoms with Gasteiger partial charge in [-0.1, -0.05) is 15.9 Å². The summed E-state index contributed by atoms with van der Waals surface area (Å²) >= 11 is 3.42. The highest BCUT2D eigenvalue weighted by Gasteiger charge is 2.58. The minimum Gasteiger partial charge on any atom is -0.459 e. The van der Waals surface area contributed by atoms with E-state index in [9.17, 15) is 31.7 Å². The average molecular weight is 549 g/mol. The van der Waals surface area contributed by atoms with Crippen molar-refractivity contribution in [3.05, 3.63) is 62.1 Å². The second-order valence-corrected chi connectivity index (χ2v) is 10.5. The smallest absolute Gasteiger partial charge is 0.459 e. The molecule has 0 saturated heterocycles. The third kappa shape index (κ3) is 3.36. The van der Waals surface area contributed by atoms with Gasteiger partial charge in [0.25, 0.3) is 5.69 Å². The number of ether oxygens (including phenoxy) is 1. The molecule has 4 rings (SSSR count). The summed E-state index contributed by atoms with van der Waals surface area (Å²) < 4.78 is 73.7. The summed E-state index contributed by atoms with van der Waals surface area (Å²) in [6, 6.07) is 7.20. The fourth-order valence-corrected chi connectivity index (χ4v) is 4.99. The molecule has 0 saturated carbocycles. The Morgan fingerprint density at radius 2 is 1.88 bits per heavy atom. The van der Waals surface area contributed by atoms with E-state index in [0.29, 0.717) is 6.07 Å². The molecule has 0 N–H and O–H groups in total. The van der Waals surface area contributed by atoms with Crippen LogP contribution in [-0.4, -0.2) is 31.6 Å². The van der Waals surface area contributed by atoms with Crippen molar-refractivity contribution in [2.24, 2.45) is 0 Å². The second-order valence-electron chi connectivity index (χ2n) is 8.08. The average Bonchev–Trinajstić information content (AvgIpc) is 2.85. The lowest BCUT2D eigenvalue weighted by Crippen LogP contribution is -2.58. The number of halogens is 4. The number of rotatable bonds is 3. The highest BCUT2D eigenvalue weighted by atomic mass is 79.9. The Bertz CT molecular complexity index is 1330. The molecule has 2 heterocycles. The van der Waals surface area contributed by atoms with Crippen LogP contribution in [0, 0.1) is 10.1 Å². The molecule has 2 aromatic carbocycles. The molecular formula is C20H16BrF3N2O6S. The lowest BCUT2D eigenvalue weighted by molar-refractivity contribution is -0.384. The van der Waals surface area contributed by atoms with Gasteiger partial charge in [0, 0.05) is 28.8 Å². The summed E-state index contributed by atoms with van der Waals surface area (Å²) in [5, 5.41) is 11.3. The zero-order chi connectivity index (χ0) is 24.6. The Labute approximate surface area is 195 Å². The number of nitro benzene ring substituents is 1. The molecule has 0 fully saturated rings. The van der Waals surface area contributed by atoms with Gasteiger partial charge < -0.3 is 13.8 Å². The summed E-state index contributed by atoms with van der Waals surface area (Å²) in [5.41, 5.74) is -6.82. The topological polar surface area (TPSA) is 99.0 Å². The van der Waals surface area contributed by atoms with Crippen molar-refractivity contribution >= 4 is 43.5 Å². The van der Waals surface area contributed by atoms with Crippen LogP contribution in [0.5, 0.6) is 11.5 Å². The second kappa shape index (κ2) is 7.10. The van der Waals surface area contributed by atoms with Gasteiger partial charge in [-0.2, -0.15) is 21.6 Å². The molecule has 0 aliphatic carbocycles. The highest BCUT2D eigenvalue weighted by Crippen LogP contribution is 2.56. The number of alkyl halides is 3. The monoisotopic (exact) mass is 548 g/mol. The van der Waals surface area contributed by atoms with Gasteiger partial charge in [-0.3, -0.25) is 10.1 Å². The first-order valence-electron chi connectivity index (χ1n) is 9.36. The Morgan fingerprint density at radius 3 is 2.48 bits per heavy atom. The lowest BCUT2D eigenvalue weighted by atomic mass is 9.76. The van der Waals surface area contributed by atoms with Gasteiger partial charge in [-0.15, -0.1) is 0 Å². The molecule has 0 radical (unpaired) electrons. The van der Waals surface area contributed by atoms with E-state index >= 15 is 0 Å². The molecule has 2 aromatic rings. The number of non-ortho nitro benzene ring substituents is 1. The number of hydrogen-bond acceptors (Lipinski definition) is 7. The van der Waals surface area contributed by atoms with Crippen molar-refractivity contribution in [1.29, 1.82) is 0 Å². The fourth-order valence-electron chi connectivity index (χ4n) is 4.18. The largest absolute Gasteiger partial charge is 0.534 e. The first kappa shape index (κ1) is 23.4. The van der Waals surface area contributed by atoms with Gasteiger partial charge in [0.05, 0.1) is 16.4 Å². The molecule has 1 atom stereocenters. The zero-order valence-corrected chi connectivity index (χ0v) is 19.7. The van der Waals surface area contributed by atoms with Gasteiger partial charge >= 0.3 is 15.6 Å². The Morgan fingerprint density at radius 1 is 1.21 bits per heavy atom. The van der Waals surface area contributed by atoms with Crippen LogP contribution < -0.4 is 13.8 Å². The molecule has 1 spiro atoms. The van der Waals surface area contributed by atoms with E-state index in [4.69, 9.17) is 4.74 Å². The van der Waals surface area contributed by atoms with Crippen molar-refractivity contribution in [2.75, 3.05) is 11.9 Å². The normalized spacial score (nSPS) is 20.9. The maximum Gasteiger partial charge on any atom is 0.534 e. The van der Waals surface area contributed by atoms with Crippen LogP contribution in [0.3, 0.4) is 0 Å². The van der Waals surface area contributed by atoms with E-state index in [1.54, 1.807) is 18.0 Å². The molecule has 33 heavy (non-hydrogen) atoms. The maximum atomic E-state index is 13.0. The minimum absolute atomic E-state index is 0.00327. The van der Waals surface area contributed by atoms with Crippen molar-refractivity contribution in [1.82, 2.24) is 0 Å². The van der Waals surface area contributed by atoms with Crippen LogP contribution in [0.15, 0.2) is 40.9 Å². The number of nitro groups is 1. The number of benzene rings is 2. The zero-order valence-electron chi connectivity index (χ0n) is 17.3. The SMILES string of the molecule is CN1c2ccc(Br)cc2C(C)(C)C12C=Cc1cc([N+](=O)[O-])cc(OS(=O)(=O)C(F)(F)F)c1O2. The lowest BCUT2D eigenvalue weighted by Gasteiger charge is -2.45. The molecule has 176 valence electrons. The van der Waals surface area contributed by atoms with Crippen LogP contribution in [-0.2, 0) is 15.5 Å². The van der Waals surface area contributed by atoms with Crippen molar-refractivity contribution in [3.63, 3.8) is 0 Å². The quantitative estimate of drug-likeness (QED) is 0.227. The van der Waals surface area contributed by atoms with Gasteiger partial charge in [0.1, 0.15) is 0 Å². The maximum absolute atomic E-state index is 13.0. The Kier molecular flexibility index (Phi) is 5.02. The van der Waals surface area contributed by atoms with Gasteiger partial charge in [0.15, 0.2) is 11.5 Å². The van der Waals surface area contributed by atoms with E-state index in [-0.39, 0.29) is 11.3 Å². The van der Waals surface area contributed by atoms with Crippen LogP contribution in [0.1, 0.15) is 25.0 Å².